The van der Waals surface area contributed by atoms with Crippen LogP contribution in [0.1, 0.15) is 32.3 Å². The Labute approximate surface area is 138 Å². The van der Waals surface area contributed by atoms with Crippen molar-refractivity contribution in [2.24, 2.45) is 10.7 Å². The van der Waals surface area contributed by atoms with Crippen molar-refractivity contribution in [1.29, 1.82) is 0 Å². The number of nitrogens with zero attached hydrogens (tertiary/aromatic N) is 3. The van der Waals surface area contributed by atoms with E-state index >= 15 is 0 Å². The van der Waals surface area contributed by atoms with Gasteiger partial charge in [0, 0.05) is 30.3 Å². The van der Waals surface area contributed by atoms with Crippen LogP contribution in [-0.2, 0) is 9.63 Å². The topological polar surface area (TPSA) is 80.8 Å². The van der Waals surface area contributed by atoms with E-state index in [4.69, 9.17) is 10.6 Å². The highest BCUT2D eigenvalue weighted by Gasteiger charge is 2.21. The number of fused-ring (bicyclic) bond motifs is 1. The Kier molecular flexibility index (Phi) is 5.68. The number of nitrogens with two attached hydrogens (primary N) is 1. The third kappa shape index (κ3) is 3.92. The van der Waals surface area contributed by atoms with Crippen molar-refractivity contribution in [2.45, 2.75) is 26.7 Å². The fraction of sp³-hybridized carbons (Fsp3) is 0.400. The summed E-state index contributed by atoms with van der Waals surface area (Å²) in [6, 6.07) is 1.78. The van der Waals surface area contributed by atoms with Crippen molar-refractivity contribution >= 4 is 39.4 Å². The van der Waals surface area contributed by atoms with Gasteiger partial charge in [-0.3, -0.25) is 9.63 Å². The molecular weight excluding hydrogens is 348 g/mol. The largest absolute Gasteiger partial charge is 0.387 e. The van der Waals surface area contributed by atoms with E-state index in [9.17, 15) is 4.79 Å². The lowest BCUT2D eigenvalue weighted by Crippen LogP contribution is -2.34. The molecule has 0 unspecified atom stereocenters. The maximum Gasteiger partial charge on any atom is 0.273 e. The summed E-state index contributed by atoms with van der Waals surface area (Å²) in [4.78, 5) is 26.6. The molecular formula is C15H19BrN4O2. The molecule has 0 aromatic carbocycles. The second-order valence-electron chi connectivity index (χ2n) is 4.84. The number of hydrogen-bond acceptors (Lipinski definition) is 5. The monoisotopic (exact) mass is 366 g/mol. The van der Waals surface area contributed by atoms with Gasteiger partial charge in [-0.15, -0.1) is 0 Å². The average Bonchev–Trinajstić information content (AvgIpc) is 2.64. The number of hydroxylamine groups is 2. The molecule has 1 amide bonds. The Bertz CT molecular complexity index is 622. The number of hydrogen-bond donors (Lipinski definition) is 1. The van der Waals surface area contributed by atoms with Crippen LogP contribution in [0, 0.1) is 0 Å². The molecule has 2 N–H and O–H groups in total. The molecule has 0 bridgehead atoms. The molecule has 0 saturated carbocycles. The Morgan fingerprint density at radius 3 is 2.95 bits per heavy atom. The van der Waals surface area contributed by atoms with Crippen molar-refractivity contribution in [2.75, 3.05) is 13.2 Å². The highest BCUT2D eigenvalue weighted by molar-refractivity contribution is 9.10. The molecule has 1 aromatic rings. The highest BCUT2D eigenvalue weighted by Crippen LogP contribution is 2.28. The number of halogens is 1. The van der Waals surface area contributed by atoms with Gasteiger partial charge < -0.3 is 5.73 Å². The van der Waals surface area contributed by atoms with Crippen LogP contribution in [-0.4, -0.2) is 34.9 Å². The molecule has 0 radical (unpaired) electrons. The van der Waals surface area contributed by atoms with Crippen molar-refractivity contribution in [3.63, 3.8) is 0 Å². The molecule has 2 heterocycles. The van der Waals surface area contributed by atoms with Crippen molar-refractivity contribution in [3.8, 4) is 0 Å². The van der Waals surface area contributed by atoms with Crippen LogP contribution in [0.4, 0.5) is 5.69 Å². The molecule has 6 nitrogen and oxygen atoms in total. The normalized spacial score (nSPS) is 13.8. The zero-order chi connectivity index (χ0) is 16.1. The van der Waals surface area contributed by atoms with E-state index in [-0.39, 0.29) is 5.91 Å². The second-order valence-corrected chi connectivity index (χ2v) is 5.65. The summed E-state index contributed by atoms with van der Waals surface area (Å²) in [7, 11) is 0. The van der Waals surface area contributed by atoms with Crippen LogP contribution < -0.4 is 5.73 Å². The quantitative estimate of drug-likeness (QED) is 0.641. The Morgan fingerprint density at radius 1 is 1.50 bits per heavy atom. The van der Waals surface area contributed by atoms with Crippen molar-refractivity contribution in [3.05, 3.63) is 28.0 Å². The molecule has 1 aromatic heterocycles. The SMILES string of the molecule is CCCN(OCC)C(=O)C1=Cc2cnc(Br)cc2N=C(N)C1. The molecule has 1 aliphatic heterocycles. The van der Waals surface area contributed by atoms with E-state index in [0.717, 1.165) is 12.0 Å². The summed E-state index contributed by atoms with van der Waals surface area (Å²) >= 11 is 3.31. The van der Waals surface area contributed by atoms with Gasteiger partial charge >= 0.3 is 0 Å². The molecule has 0 spiro atoms. The lowest BCUT2D eigenvalue weighted by Gasteiger charge is -2.21. The molecule has 22 heavy (non-hydrogen) atoms. The number of rotatable bonds is 5. The van der Waals surface area contributed by atoms with Gasteiger partial charge in [-0.05, 0) is 41.4 Å². The second kappa shape index (κ2) is 7.51. The van der Waals surface area contributed by atoms with E-state index in [0.29, 0.717) is 41.3 Å². The molecule has 1 aliphatic rings. The van der Waals surface area contributed by atoms with E-state index in [1.54, 1.807) is 18.3 Å². The third-order valence-electron chi connectivity index (χ3n) is 3.06. The van der Waals surface area contributed by atoms with Crippen molar-refractivity contribution in [1.82, 2.24) is 10.0 Å². The first-order valence-corrected chi connectivity index (χ1v) is 7.98. The highest BCUT2D eigenvalue weighted by atomic mass is 79.9. The van der Waals surface area contributed by atoms with Crippen LogP contribution in [0.2, 0.25) is 0 Å². The van der Waals surface area contributed by atoms with Crippen LogP contribution in [0.5, 0.6) is 0 Å². The fourth-order valence-corrected chi connectivity index (χ4v) is 2.47. The molecule has 118 valence electrons. The minimum atomic E-state index is -0.183. The first-order valence-electron chi connectivity index (χ1n) is 7.19. The van der Waals surface area contributed by atoms with Gasteiger partial charge in [0.15, 0.2) is 0 Å². The van der Waals surface area contributed by atoms with Crippen LogP contribution in [0.3, 0.4) is 0 Å². The summed E-state index contributed by atoms with van der Waals surface area (Å²) in [5, 5.41) is 1.39. The number of carbonyl (C=O) groups excluding carboxylic acids is 1. The molecule has 0 atom stereocenters. The van der Waals surface area contributed by atoms with Crippen LogP contribution in [0.15, 0.2) is 27.4 Å². The number of pyridine rings is 1. The van der Waals surface area contributed by atoms with E-state index in [2.05, 4.69) is 25.9 Å². The standard InChI is InChI=1S/C15H19BrN4O2/c1-3-5-20(22-4-2)15(21)10-6-11-9-18-13(16)8-12(11)19-14(17)7-10/h6,8-9H,3-5,7H2,1-2H3,(H2,17,19). The molecule has 7 heteroatoms. The van der Waals surface area contributed by atoms with Gasteiger partial charge in [-0.25, -0.2) is 15.0 Å². The predicted octanol–water partition coefficient (Wildman–Crippen LogP) is 2.81. The smallest absolute Gasteiger partial charge is 0.273 e. The summed E-state index contributed by atoms with van der Waals surface area (Å²) < 4.78 is 0.674. The first-order chi connectivity index (χ1) is 10.5. The zero-order valence-electron chi connectivity index (χ0n) is 12.7. The lowest BCUT2D eigenvalue weighted by molar-refractivity contribution is -0.180. The fourth-order valence-electron chi connectivity index (χ4n) is 2.15. The van der Waals surface area contributed by atoms with Gasteiger partial charge in [-0.1, -0.05) is 6.92 Å². The van der Waals surface area contributed by atoms with Crippen LogP contribution in [0.25, 0.3) is 6.08 Å². The minimum absolute atomic E-state index is 0.183. The maximum atomic E-state index is 12.6. The molecule has 0 aliphatic carbocycles. The minimum Gasteiger partial charge on any atom is -0.387 e. The van der Waals surface area contributed by atoms with Gasteiger partial charge in [0.05, 0.1) is 12.3 Å². The summed E-state index contributed by atoms with van der Waals surface area (Å²) in [5.74, 6) is 0.210. The average molecular weight is 367 g/mol. The number of carbonyl (C=O) groups is 1. The number of amides is 1. The zero-order valence-corrected chi connectivity index (χ0v) is 14.3. The van der Waals surface area contributed by atoms with E-state index in [1.165, 1.54) is 5.06 Å². The molecule has 0 fully saturated rings. The first kappa shape index (κ1) is 16.6. The maximum absolute atomic E-state index is 12.6. The summed E-state index contributed by atoms with van der Waals surface area (Å²) in [6.45, 7) is 4.82. The lowest BCUT2D eigenvalue weighted by atomic mass is 10.1. The van der Waals surface area contributed by atoms with Gasteiger partial charge in [0.2, 0.25) is 0 Å². The molecule has 0 saturated heterocycles. The molecule has 2 rings (SSSR count). The van der Waals surface area contributed by atoms with Gasteiger partial charge in [-0.2, -0.15) is 0 Å². The third-order valence-corrected chi connectivity index (χ3v) is 3.49. The van der Waals surface area contributed by atoms with Crippen LogP contribution >= 0.6 is 15.9 Å². The van der Waals surface area contributed by atoms with Crippen molar-refractivity contribution < 1.29 is 9.63 Å². The Balaban J connectivity index is 2.36. The Hall–Kier alpha value is -1.73. The van der Waals surface area contributed by atoms with E-state index < -0.39 is 0 Å². The number of amidine groups is 1. The summed E-state index contributed by atoms with van der Waals surface area (Å²) in [6.07, 6.45) is 4.55. The van der Waals surface area contributed by atoms with Gasteiger partial charge in [0.1, 0.15) is 10.4 Å². The van der Waals surface area contributed by atoms with E-state index in [1.807, 2.05) is 13.8 Å². The summed E-state index contributed by atoms with van der Waals surface area (Å²) in [5.41, 5.74) is 7.94. The predicted molar refractivity (Wildman–Crippen MR) is 89.4 cm³/mol. The van der Waals surface area contributed by atoms with Gasteiger partial charge in [0.25, 0.3) is 5.91 Å². The Morgan fingerprint density at radius 2 is 2.27 bits per heavy atom. The number of aliphatic imine (C=N–C) groups is 1. The number of aromatic nitrogens is 1.